The average molecular weight is 334 g/mol. The van der Waals surface area contributed by atoms with Gasteiger partial charge in [-0.05, 0) is 45.1 Å². The van der Waals surface area contributed by atoms with Gasteiger partial charge in [-0.25, -0.2) is 0 Å². The first-order chi connectivity index (χ1) is 10.6. The van der Waals surface area contributed by atoms with E-state index in [1.807, 2.05) is 6.07 Å². The Kier molecular flexibility index (Phi) is 7.14. The van der Waals surface area contributed by atoms with E-state index >= 15 is 0 Å². The van der Waals surface area contributed by atoms with Gasteiger partial charge in [0.1, 0.15) is 11.5 Å². The van der Waals surface area contributed by atoms with Crippen LogP contribution in [0.1, 0.15) is 24.4 Å². The number of rotatable bonds is 8. The van der Waals surface area contributed by atoms with Crippen molar-refractivity contribution in [3.8, 4) is 0 Å². The number of hydrogen-bond acceptors (Lipinski definition) is 5. The van der Waals surface area contributed by atoms with Crippen LogP contribution in [-0.4, -0.2) is 60.0 Å². The van der Waals surface area contributed by atoms with Crippen LogP contribution in [0.2, 0.25) is 0 Å². The van der Waals surface area contributed by atoms with Crippen LogP contribution in [0.25, 0.3) is 0 Å². The third kappa shape index (κ3) is 5.53. The number of nitrogens with zero attached hydrogens (tertiary/aromatic N) is 2. The van der Waals surface area contributed by atoms with Crippen molar-refractivity contribution < 1.29 is 18.3 Å². The van der Waals surface area contributed by atoms with Gasteiger partial charge in [0.2, 0.25) is 0 Å². The molecule has 7 heteroatoms. The van der Waals surface area contributed by atoms with E-state index in [2.05, 4.69) is 16.8 Å². The molecule has 1 N–H and O–H groups in total. The molecular weight excluding hydrogens is 310 g/mol. The van der Waals surface area contributed by atoms with E-state index < -0.39 is 5.76 Å². The second-order valence-corrected chi connectivity index (χ2v) is 6.65. The Balaban J connectivity index is 1.90. The lowest BCUT2D eigenvalue weighted by atomic mass is 10.0. The van der Waals surface area contributed by atoms with Gasteiger partial charge in [0.05, 0.1) is 18.9 Å². The maximum Gasteiger partial charge on any atom is 0.284 e. The van der Waals surface area contributed by atoms with E-state index in [1.54, 1.807) is 6.07 Å². The minimum absolute atomic E-state index is 0.112. The summed E-state index contributed by atoms with van der Waals surface area (Å²) in [7, 11) is 2.12. The number of thioether (sulfide) groups is 1. The van der Waals surface area contributed by atoms with Crippen molar-refractivity contribution in [1.29, 1.82) is 0 Å². The fourth-order valence-corrected chi connectivity index (χ4v) is 3.25. The molecular formula is C15H24F2N2O2S. The molecule has 2 heterocycles. The Hall–Kier alpha value is -0.630. The minimum Gasteiger partial charge on any atom is -0.464 e. The summed E-state index contributed by atoms with van der Waals surface area (Å²) in [5, 5.41) is 9.28. The maximum absolute atomic E-state index is 12.2. The molecule has 0 atom stereocenters. The smallest absolute Gasteiger partial charge is 0.284 e. The summed E-state index contributed by atoms with van der Waals surface area (Å²) in [5.41, 5.74) is 0. The second kappa shape index (κ2) is 8.86. The summed E-state index contributed by atoms with van der Waals surface area (Å²) in [4.78, 5) is 4.54. The third-order valence-corrected chi connectivity index (χ3v) is 4.72. The van der Waals surface area contributed by atoms with Crippen molar-refractivity contribution in [2.24, 2.45) is 0 Å². The third-order valence-electron chi connectivity index (χ3n) is 4.02. The van der Waals surface area contributed by atoms with Crippen molar-refractivity contribution in [2.45, 2.75) is 36.9 Å². The highest BCUT2D eigenvalue weighted by molar-refractivity contribution is 7.98. The zero-order valence-corrected chi connectivity index (χ0v) is 13.7. The quantitative estimate of drug-likeness (QED) is 0.791. The first-order valence-electron chi connectivity index (χ1n) is 7.59. The van der Waals surface area contributed by atoms with Crippen LogP contribution in [0, 0.1) is 0 Å². The number of likely N-dealkylation sites (tertiary alicyclic amines) is 1. The zero-order valence-electron chi connectivity index (χ0n) is 12.9. The Morgan fingerprint density at radius 2 is 2.05 bits per heavy atom. The minimum atomic E-state index is -2.38. The van der Waals surface area contributed by atoms with Gasteiger partial charge in [-0.15, -0.1) is 0 Å². The monoisotopic (exact) mass is 334 g/mol. The molecule has 4 nitrogen and oxygen atoms in total. The molecule has 1 saturated heterocycles. The van der Waals surface area contributed by atoms with Crippen LogP contribution in [-0.2, 0) is 12.3 Å². The number of aliphatic hydroxyl groups excluding tert-OH is 1. The Bertz CT molecular complexity index is 437. The fraction of sp³-hybridized carbons (Fsp3) is 0.733. The van der Waals surface area contributed by atoms with Gasteiger partial charge in [0, 0.05) is 12.6 Å². The van der Waals surface area contributed by atoms with Crippen molar-refractivity contribution in [1.82, 2.24) is 9.80 Å². The molecule has 0 unspecified atom stereocenters. The molecule has 1 aliphatic rings. The molecule has 1 aromatic rings. The normalized spacial score (nSPS) is 17.7. The van der Waals surface area contributed by atoms with Gasteiger partial charge >= 0.3 is 0 Å². The van der Waals surface area contributed by atoms with Gasteiger partial charge in [-0.2, -0.15) is 8.78 Å². The summed E-state index contributed by atoms with van der Waals surface area (Å²) in [6.45, 7) is 3.45. The van der Waals surface area contributed by atoms with Gasteiger partial charge in [-0.3, -0.25) is 4.90 Å². The van der Waals surface area contributed by atoms with Crippen LogP contribution in [0.4, 0.5) is 8.78 Å². The average Bonchev–Trinajstić information content (AvgIpc) is 2.93. The number of alkyl halides is 2. The van der Waals surface area contributed by atoms with Crippen molar-refractivity contribution in [3.63, 3.8) is 0 Å². The molecule has 0 radical (unpaired) electrons. The number of aliphatic hydroxyl groups is 1. The Labute approximate surface area is 134 Å². The highest BCUT2D eigenvalue weighted by atomic mass is 32.2. The number of halogens is 2. The standard InChI is InChI=1S/C15H24F2N2O2S/c1-18-6-4-12(5-7-18)19(8-9-20)10-13-2-3-14(21-13)11-22-15(16)17/h2-3,12,15,20H,4-11H2,1H3. The zero-order chi connectivity index (χ0) is 15.9. The molecule has 1 aromatic heterocycles. The Morgan fingerprint density at radius 3 is 2.68 bits per heavy atom. The van der Waals surface area contributed by atoms with Crippen LogP contribution in [0.5, 0.6) is 0 Å². The predicted molar refractivity (Wildman–Crippen MR) is 84.0 cm³/mol. The highest BCUT2D eigenvalue weighted by Crippen LogP contribution is 2.23. The van der Waals surface area contributed by atoms with Crippen LogP contribution < -0.4 is 0 Å². The molecule has 0 bridgehead atoms. The van der Waals surface area contributed by atoms with E-state index in [1.165, 1.54) is 0 Å². The van der Waals surface area contributed by atoms with Gasteiger partial charge < -0.3 is 14.4 Å². The number of piperidine rings is 1. The van der Waals surface area contributed by atoms with Crippen molar-refractivity contribution >= 4 is 11.8 Å². The van der Waals surface area contributed by atoms with Gasteiger partial charge in [-0.1, -0.05) is 11.8 Å². The Morgan fingerprint density at radius 1 is 1.36 bits per heavy atom. The van der Waals surface area contributed by atoms with Gasteiger partial charge in [0.25, 0.3) is 5.76 Å². The number of furan rings is 1. The second-order valence-electron chi connectivity index (χ2n) is 5.67. The first kappa shape index (κ1) is 17.7. The molecule has 0 saturated carbocycles. The van der Waals surface area contributed by atoms with Gasteiger partial charge in [0.15, 0.2) is 0 Å². The number of hydrogen-bond donors (Lipinski definition) is 1. The van der Waals surface area contributed by atoms with E-state index in [-0.39, 0.29) is 12.4 Å². The molecule has 22 heavy (non-hydrogen) atoms. The molecule has 1 aliphatic heterocycles. The summed E-state index contributed by atoms with van der Waals surface area (Å²) >= 11 is 0.569. The SMILES string of the molecule is CN1CCC(N(CCO)Cc2ccc(CSC(F)F)o2)CC1. The fourth-order valence-electron chi connectivity index (χ4n) is 2.81. The predicted octanol–water partition coefficient (Wildman–Crippen LogP) is 2.62. The van der Waals surface area contributed by atoms with E-state index in [0.717, 1.165) is 31.7 Å². The molecule has 0 spiro atoms. The summed E-state index contributed by atoms with van der Waals surface area (Å²) in [6.07, 6.45) is 2.15. The van der Waals surface area contributed by atoms with E-state index in [0.29, 0.717) is 36.7 Å². The van der Waals surface area contributed by atoms with Crippen LogP contribution in [0.15, 0.2) is 16.5 Å². The van der Waals surface area contributed by atoms with Crippen molar-refractivity contribution in [3.05, 3.63) is 23.7 Å². The maximum atomic E-state index is 12.2. The lowest BCUT2D eigenvalue weighted by Gasteiger charge is -2.36. The molecule has 0 amide bonds. The van der Waals surface area contributed by atoms with E-state index in [4.69, 9.17) is 4.42 Å². The summed E-state index contributed by atoms with van der Waals surface area (Å²) < 4.78 is 30.0. The molecule has 126 valence electrons. The summed E-state index contributed by atoms with van der Waals surface area (Å²) in [6, 6.07) is 4.05. The topological polar surface area (TPSA) is 39.9 Å². The molecule has 1 fully saturated rings. The highest BCUT2D eigenvalue weighted by Gasteiger charge is 2.23. The van der Waals surface area contributed by atoms with Crippen molar-refractivity contribution in [2.75, 3.05) is 33.3 Å². The van der Waals surface area contributed by atoms with Crippen LogP contribution in [0.3, 0.4) is 0 Å². The first-order valence-corrected chi connectivity index (χ1v) is 8.64. The molecule has 2 rings (SSSR count). The lowest BCUT2D eigenvalue weighted by molar-refractivity contribution is 0.0880. The van der Waals surface area contributed by atoms with E-state index in [9.17, 15) is 13.9 Å². The van der Waals surface area contributed by atoms with Crippen LogP contribution >= 0.6 is 11.8 Å². The lowest BCUT2D eigenvalue weighted by Crippen LogP contribution is -2.44. The summed E-state index contributed by atoms with van der Waals surface area (Å²) in [5.74, 6) is -0.838. The molecule has 0 aliphatic carbocycles. The molecule has 0 aromatic carbocycles. The largest absolute Gasteiger partial charge is 0.464 e.